The number of carbonyl (C=O) groups is 1. The van der Waals surface area contributed by atoms with E-state index >= 15 is 0 Å². The molecule has 2 aliphatic heterocycles. The molecule has 1 aliphatic carbocycles. The number of benzene rings is 1. The molecule has 1 N–H and O–H groups in total. The quantitative estimate of drug-likeness (QED) is 0.562. The summed E-state index contributed by atoms with van der Waals surface area (Å²) < 4.78 is 72.1. The molecule has 0 fully saturated rings. The smallest absolute Gasteiger partial charge is 0.408 e. The molecule has 0 saturated carbocycles. The van der Waals surface area contributed by atoms with E-state index in [0.29, 0.717) is 26.7 Å². The molecule has 0 saturated heterocycles. The van der Waals surface area contributed by atoms with Gasteiger partial charge in [0.15, 0.2) is 11.4 Å². The third-order valence-corrected chi connectivity index (χ3v) is 8.23. The van der Waals surface area contributed by atoms with Crippen molar-refractivity contribution in [3.8, 4) is 5.75 Å². The molecule has 3 aliphatic rings. The topological polar surface area (TPSA) is 65.8 Å². The second kappa shape index (κ2) is 8.93. The molecule has 1 amide bonds. The minimum Gasteiger partial charge on any atom is -0.502 e. The Kier molecular flexibility index (Phi) is 6.12. The summed E-state index contributed by atoms with van der Waals surface area (Å²) in [6.45, 7) is 1.82. The Hall–Kier alpha value is -3.28. The zero-order chi connectivity index (χ0) is 26.8. The number of hydrogen-bond donors (Lipinski definition) is 1. The van der Waals surface area contributed by atoms with E-state index in [4.69, 9.17) is 0 Å². The van der Waals surface area contributed by atoms with Crippen LogP contribution in [0.2, 0.25) is 0 Å². The van der Waals surface area contributed by atoms with Crippen molar-refractivity contribution in [2.45, 2.75) is 43.2 Å². The molecule has 0 spiro atoms. The first kappa shape index (κ1) is 25.4. The number of alkyl halides is 4. The van der Waals surface area contributed by atoms with Crippen LogP contribution in [0.5, 0.6) is 5.75 Å². The molecule has 37 heavy (non-hydrogen) atoms. The normalized spacial score (nSPS) is 24.4. The molecule has 0 radical (unpaired) electrons. The van der Waals surface area contributed by atoms with E-state index in [1.807, 2.05) is 0 Å². The highest BCUT2D eigenvalue weighted by Gasteiger charge is 2.48. The van der Waals surface area contributed by atoms with Gasteiger partial charge in [-0.05, 0) is 47.9 Å². The fourth-order valence-corrected chi connectivity index (χ4v) is 6.11. The summed E-state index contributed by atoms with van der Waals surface area (Å²) in [6, 6.07) is 1.76. The predicted octanol–water partition coefficient (Wildman–Crippen LogP) is 4.68. The van der Waals surface area contributed by atoms with Gasteiger partial charge in [0.2, 0.25) is 5.43 Å². The SMILES string of the molecule is CC1C2=C(C=CC1F)CSc1ccc(F)cc1[C@H]2N1CN([C@@H](C)C(F)(F)F)C(=O)c2c(O)c(=O)ccn21. The Morgan fingerprint density at radius 2 is 1.92 bits per heavy atom. The lowest BCUT2D eigenvalue weighted by Gasteiger charge is -2.47. The van der Waals surface area contributed by atoms with E-state index in [1.165, 1.54) is 41.2 Å². The maximum atomic E-state index is 15.0. The number of pyridine rings is 1. The highest BCUT2D eigenvalue weighted by Crippen LogP contribution is 2.47. The standard InChI is InChI=1S/C25H22F5N3O3S/c1-12-17(27)5-3-14-10-37-19-6-4-15(26)9-16(19)21(20(12)14)33-11-31(13(2)25(28,29)30)24(36)22-23(35)18(34)7-8-32(22)33/h3-9,12-13,17,21,35H,10-11H2,1-2H3/t12?,13-,17?,21+/m0/s1. The lowest BCUT2D eigenvalue weighted by Crippen LogP contribution is -2.60. The van der Waals surface area contributed by atoms with Crippen molar-refractivity contribution in [3.05, 3.63) is 81.1 Å². The van der Waals surface area contributed by atoms with Crippen LogP contribution in [-0.2, 0) is 0 Å². The fraction of sp³-hybridized carbons (Fsp3) is 0.360. The largest absolute Gasteiger partial charge is 0.502 e. The summed E-state index contributed by atoms with van der Waals surface area (Å²) >= 11 is 1.38. The number of nitrogens with zero attached hydrogens (tertiary/aromatic N) is 3. The second-order valence-electron chi connectivity index (χ2n) is 9.24. The number of aromatic nitrogens is 1. The van der Waals surface area contributed by atoms with Crippen LogP contribution >= 0.6 is 11.8 Å². The Bertz CT molecular complexity index is 1400. The van der Waals surface area contributed by atoms with Crippen LogP contribution in [-0.4, -0.2) is 51.4 Å². The molecular formula is C25H22F5N3O3S. The highest BCUT2D eigenvalue weighted by molar-refractivity contribution is 7.99. The van der Waals surface area contributed by atoms with E-state index in [2.05, 4.69) is 0 Å². The van der Waals surface area contributed by atoms with Gasteiger partial charge in [-0.15, -0.1) is 11.8 Å². The van der Waals surface area contributed by atoms with Crippen LogP contribution in [0.25, 0.3) is 0 Å². The number of fused-ring (bicyclic) bond motifs is 2. The van der Waals surface area contributed by atoms with Gasteiger partial charge in [-0.25, -0.2) is 8.78 Å². The first-order chi connectivity index (χ1) is 17.4. The molecule has 4 atom stereocenters. The minimum absolute atomic E-state index is 0.377. The second-order valence-corrected chi connectivity index (χ2v) is 10.3. The molecule has 0 bridgehead atoms. The van der Waals surface area contributed by atoms with E-state index in [9.17, 15) is 36.6 Å². The summed E-state index contributed by atoms with van der Waals surface area (Å²) in [5.74, 6) is -3.10. The lowest BCUT2D eigenvalue weighted by molar-refractivity contribution is -0.173. The summed E-state index contributed by atoms with van der Waals surface area (Å²) in [4.78, 5) is 26.6. The number of aromatic hydroxyl groups is 1. The maximum absolute atomic E-state index is 15.0. The minimum atomic E-state index is -4.81. The van der Waals surface area contributed by atoms with Gasteiger partial charge in [-0.1, -0.05) is 13.0 Å². The first-order valence-electron chi connectivity index (χ1n) is 11.5. The van der Waals surface area contributed by atoms with Gasteiger partial charge in [-0.3, -0.25) is 19.3 Å². The monoisotopic (exact) mass is 539 g/mol. The van der Waals surface area contributed by atoms with Crippen molar-refractivity contribution in [3.63, 3.8) is 0 Å². The van der Waals surface area contributed by atoms with Crippen LogP contribution in [0.1, 0.15) is 35.9 Å². The van der Waals surface area contributed by atoms with Gasteiger partial charge < -0.3 is 10.0 Å². The highest BCUT2D eigenvalue weighted by atomic mass is 32.2. The number of halogens is 5. The molecule has 3 heterocycles. The van der Waals surface area contributed by atoms with Gasteiger partial charge >= 0.3 is 6.18 Å². The van der Waals surface area contributed by atoms with Crippen LogP contribution in [0.3, 0.4) is 0 Å². The summed E-state index contributed by atoms with van der Waals surface area (Å²) in [5.41, 5.74) is 0.0313. The fourth-order valence-electron chi connectivity index (χ4n) is 5.04. The predicted molar refractivity (Wildman–Crippen MR) is 127 cm³/mol. The van der Waals surface area contributed by atoms with Crippen molar-refractivity contribution < 1.29 is 31.9 Å². The Labute approximate surface area is 212 Å². The molecule has 1 aromatic carbocycles. The Morgan fingerprint density at radius 3 is 2.62 bits per heavy atom. The van der Waals surface area contributed by atoms with Crippen LogP contribution < -0.4 is 10.4 Å². The molecule has 2 unspecified atom stereocenters. The maximum Gasteiger partial charge on any atom is 0.408 e. The Morgan fingerprint density at radius 1 is 1.19 bits per heavy atom. The number of carbonyl (C=O) groups excluding carboxylic acids is 1. The van der Waals surface area contributed by atoms with Crippen molar-refractivity contribution in [1.82, 2.24) is 9.58 Å². The third-order valence-electron chi connectivity index (χ3n) is 7.10. The van der Waals surface area contributed by atoms with Crippen LogP contribution in [0.15, 0.2) is 63.5 Å². The van der Waals surface area contributed by atoms with Gasteiger partial charge in [0.1, 0.15) is 24.7 Å². The average Bonchev–Trinajstić information content (AvgIpc) is 3.00. The molecule has 2 aromatic rings. The van der Waals surface area contributed by atoms with Gasteiger partial charge in [-0.2, -0.15) is 13.2 Å². The van der Waals surface area contributed by atoms with Crippen molar-refractivity contribution >= 4 is 17.7 Å². The van der Waals surface area contributed by atoms with Crippen molar-refractivity contribution in [2.24, 2.45) is 5.92 Å². The molecule has 1 aromatic heterocycles. The van der Waals surface area contributed by atoms with E-state index in [0.717, 1.165) is 23.2 Å². The summed E-state index contributed by atoms with van der Waals surface area (Å²) in [5, 5.41) is 11.9. The number of thioether (sulfide) groups is 1. The molecule has 12 heteroatoms. The van der Waals surface area contributed by atoms with Gasteiger partial charge in [0.25, 0.3) is 5.91 Å². The van der Waals surface area contributed by atoms with Crippen molar-refractivity contribution in [1.29, 1.82) is 0 Å². The molecule has 6 nitrogen and oxygen atoms in total. The van der Waals surface area contributed by atoms with E-state index < -0.39 is 65.6 Å². The number of hydrogen-bond acceptors (Lipinski definition) is 5. The summed E-state index contributed by atoms with van der Waals surface area (Å²) in [6.07, 6.45) is -2.01. The average molecular weight is 540 g/mol. The molecular weight excluding hydrogens is 517 g/mol. The lowest BCUT2D eigenvalue weighted by atomic mass is 9.80. The zero-order valence-corrected chi connectivity index (χ0v) is 20.5. The number of rotatable bonds is 2. The van der Waals surface area contributed by atoms with E-state index in [-0.39, 0.29) is 0 Å². The van der Waals surface area contributed by atoms with Crippen LogP contribution in [0.4, 0.5) is 22.0 Å². The number of allylic oxidation sites excluding steroid dienone is 2. The van der Waals surface area contributed by atoms with Gasteiger partial charge in [0.05, 0.1) is 6.04 Å². The number of amides is 1. The first-order valence-corrected chi connectivity index (χ1v) is 12.5. The van der Waals surface area contributed by atoms with E-state index in [1.54, 1.807) is 19.1 Å². The van der Waals surface area contributed by atoms with Crippen molar-refractivity contribution in [2.75, 3.05) is 17.4 Å². The Balaban J connectivity index is 1.80. The third kappa shape index (κ3) is 4.11. The zero-order valence-electron chi connectivity index (χ0n) is 19.7. The summed E-state index contributed by atoms with van der Waals surface area (Å²) in [7, 11) is 0. The molecule has 196 valence electrons. The van der Waals surface area contributed by atoms with Crippen LogP contribution in [0, 0.1) is 11.7 Å². The van der Waals surface area contributed by atoms with Gasteiger partial charge in [0, 0.05) is 28.8 Å². The molecule has 5 rings (SSSR count).